The molecule has 0 aliphatic carbocycles. The molecule has 0 aliphatic rings. The first-order valence-corrected chi connectivity index (χ1v) is 4.18. The van der Waals surface area contributed by atoms with Crippen LogP contribution < -0.4 is 10.6 Å². The summed E-state index contributed by atoms with van der Waals surface area (Å²) in [7, 11) is 3.76. The maximum Gasteiger partial charge on any atom is 0.0995 e. The van der Waals surface area contributed by atoms with Crippen molar-refractivity contribution >= 4 is 29.6 Å². The van der Waals surface area contributed by atoms with Crippen LogP contribution in [-0.2, 0) is 0 Å². The predicted octanol–water partition coefficient (Wildman–Crippen LogP) is 2.18. The van der Waals surface area contributed by atoms with Gasteiger partial charge in [0.25, 0.3) is 0 Å². The molecule has 4 heteroatoms. The first kappa shape index (κ1) is 12.8. The number of nitrogen functional groups attached to an aromatic ring is 1. The number of halogens is 1. The fraction of sp³-hybridized carbons (Fsp3) is 0.300. The number of rotatable bonds is 1. The fourth-order valence-electron chi connectivity index (χ4n) is 1.03. The molecule has 0 saturated carbocycles. The molecule has 3 nitrogen and oxygen atoms in total. The van der Waals surface area contributed by atoms with Gasteiger partial charge in [-0.2, -0.15) is 0 Å². The maximum atomic E-state index is 5.59. The Kier molecular flexibility index (Phi) is 5.02. The third kappa shape index (κ3) is 2.92. The lowest BCUT2D eigenvalue weighted by Crippen LogP contribution is -2.23. The minimum atomic E-state index is 0. The van der Waals surface area contributed by atoms with Gasteiger partial charge < -0.3 is 10.6 Å². The summed E-state index contributed by atoms with van der Waals surface area (Å²) in [5.41, 5.74) is 7.46. The molecule has 0 saturated heterocycles. The summed E-state index contributed by atoms with van der Waals surface area (Å²) in [5, 5.41) is 0. The molecule has 0 heterocycles. The Morgan fingerprint density at radius 3 is 2.21 bits per heavy atom. The number of hydrogen-bond acceptors (Lipinski definition) is 2. The van der Waals surface area contributed by atoms with E-state index >= 15 is 0 Å². The monoisotopic (exact) mass is 213 g/mol. The average Bonchev–Trinajstić information content (AvgIpc) is 2.17. The van der Waals surface area contributed by atoms with Crippen molar-refractivity contribution < 1.29 is 0 Å². The predicted molar refractivity (Wildman–Crippen MR) is 65.5 cm³/mol. The van der Waals surface area contributed by atoms with E-state index in [2.05, 4.69) is 4.99 Å². The van der Waals surface area contributed by atoms with Crippen LogP contribution in [0.5, 0.6) is 0 Å². The third-order valence-corrected chi connectivity index (χ3v) is 2.09. The molecule has 2 N–H and O–H groups in total. The summed E-state index contributed by atoms with van der Waals surface area (Å²) in [6, 6.07) is 7.72. The standard InChI is InChI=1S/C10H15N3.ClH/c1-8(12-2)13(3)10-6-4-9(11)5-7-10;/h4-7H,11H2,1-3H3;1H. The molecule has 0 amide bonds. The summed E-state index contributed by atoms with van der Waals surface area (Å²) in [6.07, 6.45) is 0. The van der Waals surface area contributed by atoms with E-state index in [1.165, 1.54) is 0 Å². The SMILES string of the molecule is CN=C(C)N(C)c1ccc(N)cc1.Cl. The molecule has 0 bridgehead atoms. The highest BCUT2D eigenvalue weighted by atomic mass is 35.5. The van der Waals surface area contributed by atoms with Crippen molar-refractivity contribution in [2.75, 3.05) is 24.7 Å². The second-order valence-electron chi connectivity index (χ2n) is 2.92. The van der Waals surface area contributed by atoms with Crippen LogP contribution in [0.2, 0.25) is 0 Å². The Labute approximate surface area is 91.0 Å². The molecular weight excluding hydrogens is 198 g/mol. The molecule has 78 valence electrons. The number of amidine groups is 1. The van der Waals surface area contributed by atoms with Crippen LogP contribution in [0.4, 0.5) is 11.4 Å². The van der Waals surface area contributed by atoms with E-state index in [4.69, 9.17) is 5.73 Å². The minimum absolute atomic E-state index is 0. The fourth-order valence-corrected chi connectivity index (χ4v) is 1.03. The molecule has 1 aromatic rings. The summed E-state index contributed by atoms with van der Waals surface area (Å²) in [5.74, 6) is 0.977. The zero-order chi connectivity index (χ0) is 9.84. The molecular formula is C10H16ClN3. The van der Waals surface area contributed by atoms with Gasteiger partial charge >= 0.3 is 0 Å². The molecule has 0 fully saturated rings. The van der Waals surface area contributed by atoms with Crippen LogP contribution in [0.25, 0.3) is 0 Å². The van der Waals surface area contributed by atoms with E-state index in [1.807, 2.05) is 43.1 Å². The molecule has 0 unspecified atom stereocenters. The Balaban J connectivity index is 0.00000169. The van der Waals surface area contributed by atoms with Crippen molar-refractivity contribution in [2.45, 2.75) is 6.92 Å². The van der Waals surface area contributed by atoms with Crippen LogP contribution in [0.3, 0.4) is 0 Å². The summed E-state index contributed by atoms with van der Waals surface area (Å²) in [6.45, 7) is 1.97. The lowest BCUT2D eigenvalue weighted by atomic mass is 10.2. The number of nitrogens with zero attached hydrogens (tertiary/aromatic N) is 2. The average molecular weight is 214 g/mol. The van der Waals surface area contributed by atoms with Crippen molar-refractivity contribution in [1.82, 2.24) is 0 Å². The minimum Gasteiger partial charge on any atom is -0.399 e. The van der Waals surface area contributed by atoms with Gasteiger partial charge in [0.1, 0.15) is 0 Å². The van der Waals surface area contributed by atoms with Crippen molar-refractivity contribution in [3.05, 3.63) is 24.3 Å². The highest BCUT2D eigenvalue weighted by molar-refractivity contribution is 5.95. The normalized spacial score (nSPS) is 10.6. The summed E-state index contributed by atoms with van der Waals surface area (Å²) >= 11 is 0. The van der Waals surface area contributed by atoms with Gasteiger partial charge in [-0.05, 0) is 31.2 Å². The molecule has 1 aromatic carbocycles. The quantitative estimate of drug-likeness (QED) is 0.441. The van der Waals surface area contributed by atoms with Crippen LogP contribution in [0.15, 0.2) is 29.3 Å². The Hall–Kier alpha value is -1.22. The second kappa shape index (κ2) is 5.50. The third-order valence-electron chi connectivity index (χ3n) is 2.09. The largest absolute Gasteiger partial charge is 0.399 e. The number of benzene rings is 1. The highest BCUT2D eigenvalue weighted by Crippen LogP contribution is 2.14. The van der Waals surface area contributed by atoms with Crippen LogP contribution in [-0.4, -0.2) is 19.9 Å². The van der Waals surface area contributed by atoms with E-state index in [-0.39, 0.29) is 12.4 Å². The Morgan fingerprint density at radius 2 is 1.79 bits per heavy atom. The number of anilines is 2. The first-order valence-electron chi connectivity index (χ1n) is 4.18. The van der Waals surface area contributed by atoms with Crippen LogP contribution in [0, 0.1) is 0 Å². The van der Waals surface area contributed by atoms with Crippen molar-refractivity contribution in [3.8, 4) is 0 Å². The summed E-state index contributed by atoms with van der Waals surface area (Å²) in [4.78, 5) is 6.11. The lowest BCUT2D eigenvalue weighted by Gasteiger charge is -2.18. The van der Waals surface area contributed by atoms with E-state index in [9.17, 15) is 0 Å². The Bertz CT molecular complexity index is 306. The van der Waals surface area contributed by atoms with Crippen LogP contribution in [0.1, 0.15) is 6.92 Å². The van der Waals surface area contributed by atoms with E-state index in [0.29, 0.717) is 0 Å². The smallest absolute Gasteiger partial charge is 0.0995 e. The summed E-state index contributed by atoms with van der Waals surface area (Å²) < 4.78 is 0. The zero-order valence-corrected chi connectivity index (χ0v) is 9.51. The second-order valence-corrected chi connectivity index (χ2v) is 2.92. The van der Waals surface area contributed by atoms with Gasteiger partial charge in [-0.1, -0.05) is 0 Å². The van der Waals surface area contributed by atoms with Gasteiger partial charge in [0.05, 0.1) is 5.84 Å². The Morgan fingerprint density at radius 1 is 1.29 bits per heavy atom. The molecule has 0 aliphatic heterocycles. The molecule has 0 aromatic heterocycles. The first-order chi connectivity index (χ1) is 6.15. The van der Waals surface area contributed by atoms with Gasteiger partial charge in [0.15, 0.2) is 0 Å². The van der Waals surface area contributed by atoms with Gasteiger partial charge in [-0.3, -0.25) is 4.99 Å². The van der Waals surface area contributed by atoms with E-state index in [0.717, 1.165) is 17.2 Å². The van der Waals surface area contributed by atoms with Crippen LogP contribution >= 0.6 is 12.4 Å². The lowest BCUT2D eigenvalue weighted by molar-refractivity contribution is 1.22. The number of nitrogens with two attached hydrogens (primary N) is 1. The number of hydrogen-bond donors (Lipinski definition) is 1. The number of aliphatic imine (C=N–C) groups is 1. The topological polar surface area (TPSA) is 41.6 Å². The van der Waals surface area contributed by atoms with Gasteiger partial charge in [-0.15, -0.1) is 12.4 Å². The zero-order valence-electron chi connectivity index (χ0n) is 8.69. The van der Waals surface area contributed by atoms with Crippen molar-refractivity contribution in [2.24, 2.45) is 4.99 Å². The van der Waals surface area contributed by atoms with Crippen molar-refractivity contribution in [3.63, 3.8) is 0 Å². The molecule has 14 heavy (non-hydrogen) atoms. The van der Waals surface area contributed by atoms with E-state index < -0.39 is 0 Å². The van der Waals surface area contributed by atoms with E-state index in [1.54, 1.807) is 7.05 Å². The highest BCUT2D eigenvalue weighted by Gasteiger charge is 2.01. The van der Waals surface area contributed by atoms with Gasteiger partial charge in [0.2, 0.25) is 0 Å². The molecule has 0 radical (unpaired) electrons. The van der Waals surface area contributed by atoms with Gasteiger partial charge in [-0.25, -0.2) is 0 Å². The molecule has 0 spiro atoms. The molecule has 0 atom stereocenters. The molecule has 1 rings (SSSR count). The van der Waals surface area contributed by atoms with Gasteiger partial charge in [0, 0.05) is 25.5 Å². The van der Waals surface area contributed by atoms with Crippen molar-refractivity contribution in [1.29, 1.82) is 0 Å². The maximum absolute atomic E-state index is 5.59.